The molecule has 0 heterocycles. The molecule has 0 aromatic heterocycles. The number of nitrogens with one attached hydrogen (secondary N) is 1. The first-order chi connectivity index (χ1) is 7.66. The van der Waals surface area contributed by atoms with Crippen LogP contribution in [0.1, 0.15) is 23.2 Å². The molecule has 0 saturated carbocycles. The van der Waals surface area contributed by atoms with Gasteiger partial charge in [0.25, 0.3) is 5.91 Å². The third kappa shape index (κ3) is 3.31. The van der Waals surface area contributed by atoms with Gasteiger partial charge in [0.05, 0.1) is 16.1 Å². The minimum Gasteiger partial charge on any atom is -0.352 e. The van der Waals surface area contributed by atoms with Gasteiger partial charge in [-0.1, -0.05) is 6.07 Å². The molecule has 84 valence electrons. The van der Waals surface area contributed by atoms with Gasteiger partial charge in [-0.05, 0) is 34.5 Å². The number of hydrogen-bond acceptors (Lipinski definition) is 2. The molecular formula is C11H10BrFN2O. The van der Waals surface area contributed by atoms with Gasteiger partial charge in [-0.25, -0.2) is 4.39 Å². The summed E-state index contributed by atoms with van der Waals surface area (Å²) in [5, 5.41) is 10.9. The lowest BCUT2D eigenvalue weighted by molar-refractivity contribution is 0.0949. The highest BCUT2D eigenvalue weighted by molar-refractivity contribution is 9.10. The zero-order valence-corrected chi connectivity index (χ0v) is 10.1. The van der Waals surface area contributed by atoms with E-state index in [1.807, 2.05) is 6.07 Å². The van der Waals surface area contributed by atoms with Crippen molar-refractivity contribution >= 4 is 21.8 Å². The molecule has 3 nitrogen and oxygen atoms in total. The van der Waals surface area contributed by atoms with Crippen LogP contribution in [0.25, 0.3) is 0 Å². The average molecular weight is 285 g/mol. The molecule has 0 bridgehead atoms. The lowest BCUT2D eigenvalue weighted by Gasteiger charge is -2.05. The van der Waals surface area contributed by atoms with Gasteiger partial charge in [0.1, 0.15) is 5.82 Å². The second-order valence-corrected chi connectivity index (χ2v) is 3.97. The number of unbranched alkanes of at least 4 members (excludes halogenated alkanes) is 1. The summed E-state index contributed by atoms with van der Waals surface area (Å²) in [4.78, 5) is 11.5. The van der Waals surface area contributed by atoms with Crippen LogP contribution in [0.4, 0.5) is 4.39 Å². The molecule has 0 radical (unpaired) electrons. The molecule has 5 heteroatoms. The third-order valence-electron chi connectivity index (χ3n) is 1.95. The number of benzene rings is 1. The Bertz CT molecular complexity index is 428. The molecule has 0 aliphatic rings. The Kier molecular flexibility index (Phi) is 4.93. The Morgan fingerprint density at radius 2 is 2.31 bits per heavy atom. The molecule has 0 fully saturated rings. The fourth-order valence-corrected chi connectivity index (χ4v) is 1.51. The van der Waals surface area contributed by atoms with Crippen LogP contribution in [0, 0.1) is 17.1 Å². The van der Waals surface area contributed by atoms with E-state index in [1.54, 1.807) is 6.07 Å². The van der Waals surface area contributed by atoms with Gasteiger partial charge in [-0.2, -0.15) is 5.26 Å². The van der Waals surface area contributed by atoms with Crippen molar-refractivity contribution in [3.63, 3.8) is 0 Å². The summed E-state index contributed by atoms with van der Waals surface area (Å²) in [7, 11) is 0. The van der Waals surface area contributed by atoms with Crippen LogP contribution < -0.4 is 5.32 Å². The van der Waals surface area contributed by atoms with Crippen molar-refractivity contribution in [3.05, 3.63) is 34.1 Å². The first-order valence-electron chi connectivity index (χ1n) is 4.76. The molecule has 1 aromatic rings. The van der Waals surface area contributed by atoms with Crippen molar-refractivity contribution in [2.45, 2.75) is 12.8 Å². The number of amides is 1. The van der Waals surface area contributed by atoms with Gasteiger partial charge in [-0.15, -0.1) is 0 Å². The van der Waals surface area contributed by atoms with E-state index in [0.29, 0.717) is 19.4 Å². The van der Waals surface area contributed by atoms with Gasteiger partial charge in [0.2, 0.25) is 0 Å². The Morgan fingerprint density at radius 3 is 3.00 bits per heavy atom. The molecule has 1 aromatic carbocycles. The Hall–Kier alpha value is -1.41. The van der Waals surface area contributed by atoms with Crippen LogP contribution in [-0.4, -0.2) is 12.5 Å². The zero-order chi connectivity index (χ0) is 12.0. The molecule has 0 aliphatic heterocycles. The van der Waals surface area contributed by atoms with Gasteiger partial charge < -0.3 is 5.32 Å². The van der Waals surface area contributed by atoms with Crippen molar-refractivity contribution in [2.75, 3.05) is 6.54 Å². The first-order valence-corrected chi connectivity index (χ1v) is 5.55. The standard InChI is InChI=1S/C11H10BrFN2O/c12-9-5-3-4-8(10(9)13)11(16)15-7-2-1-6-14/h3-5H,1-2,7H2,(H,15,16). The van der Waals surface area contributed by atoms with Crippen LogP contribution in [0.3, 0.4) is 0 Å². The summed E-state index contributed by atoms with van der Waals surface area (Å²) < 4.78 is 13.7. The fraction of sp³-hybridized carbons (Fsp3) is 0.273. The van der Waals surface area contributed by atoms with E-state index in [0.717, 1.165) is 0 Å². The van der Waals surface area contributed by atoms with Crippen LogP contribution in [-0.2, 0) is 0 Å². The van der Waals surface area contributed by atoms with Crippen molar-refractivity contribution in [3.8, 4) is 6.07 Å². The minimum atomic E-state index is -0.569. The van der Waals surface area contributed by atoms with Gasteiger partial charge >= 0.3 is 0 Å². The molecule has 1 rings (SSSR count). The Morgan fingerprint density at radius 1 is 1.56 bits per heavy atom. The maximum absolute atomic E-state index is 13.5. The molecule has 0 aliphatic carbocycles. The number of carbonyl (C=O) groups excluding carboxylic acids is 1. The SMILES string of the molecule is N#CCCCNC(=O)c1cccc(Br)c1F. The smallest absolute Gasteiger partial charge is 0.254 e. The minimum absolute atomic E-state index is 0.00586. The summed E-state index contributed by atoms with van der Waals surface area (Å²) in [6, 6.07) is 6.51. The van der Waals surface area contributed by atoms with Crippen LogP contribution in [0.5, 0.6) is 0 Å². The van der Waals surface area contributed by atoms with E-state index in [9.17, 15) is 9.18 Å². The molecule has 0 atom stereocenters. The number of hydrogen-bond donors (Lipinski definition) is 1. The van der Waals surface area contributed by atoms with Crippen molar-refractivity contribution < 1.29 is 9.18 Å². The molecule has 1 amide bonds. The van der Waals surface area contributed by atoms with Gasteiger partial charge in [0, 0.05) is 13.0 Å². The number of nitriles is 1. The molecule has 0 saturated heterocycles. The van der Waals surface area contributed by atoms with Crippen molar-refractivity contribution in [1.82, 2.24) is 5.32 Å². The van der Waals surface area contributed by atoms with Gasteiger partial charge in [0.15, 0.2) is 0 Å². The summed E-state index contributed by atoms with van der Waals surface area (Å²) in [5.41, 5.74) is 0.00586. The quantitative estimate of drug-likeness (QED) is 0.864. The van der Waals surface area contributed by atoms with Crippen LogP contribution in [0.2, 0.25) is 0 Å². The predicted octanol–water partition coefficient (Wildman–Crippen LogP) is 2.62. The fourth-order valence-electron chi connectivity index (χ4n) is 1.14. The third-order valence-corrected chi connectivity index (χ3v) is 2.56. The maximum atomic E-state index is 13.5. The normalized spacial score (nSPS) is 9.56. The molecule has 1 N–H and O–H groups in total. The lowest BCUT2D eigenvalue weighted by Crippen LogP contribution is -2.25. The summed E-state index contributed by atoms with van der Waals surface area (Å²) in [6.07, 6.45) is 0.944. The largest absolute Gasteiger partial charge is 0.352 e. The molecular weight excluding hydrogens is 275 g/mol. The highest BCUT2D eigenvalue weighted by Crippen LogP contribution is 2.18. The molecule has 16 heavy (non-hydrogen) atoms. The summed E-state index contributed by atoms with van der Waals surface area (Å²) in [6.45, 7) is 0.373. The zero-order valence-electron chi connectivity index (χ0n) is 8.46. The van der Waals surface area contributed by atoms with Gasteiger partial charge in [-0.3, -0.25) is 4.79 Å². The summed E-state index contributed by atoms with van der Waals surface area (Å²) in [5.74, 6) is -1.03. The monoisotopic (exact) mass is 284 g/mol. The molecule has 0 unspecified atom stereocenters. The Balaban J connectivity index is 2.60. The average Bonchev–Trinajstić information content (AvgIpc) is 2.28. The second-order valence-electron chi connectivity index (χ2n) is 3.12. The van der Waals surface area contributed by atoms with E-state index >= 15 is 0 Å². The van der Waals surface area contributed by atoms with E-state index in [2.05, 4.69) is 21.2 Å². The highest BCUT2D eigenvalue weighted by atomic mass is 79.9. The number of nitrogens with zero attached hydrogens (tertiary/aromatic N) is 1. The predicted molar refractivity (Wildman–Crippen MR) is 61.3 cm³/mol. The van der Waals surface area contributed by atoms with Crippen LogP contribution >= 0.6 is 15.9 Å². The maximum Gasteiger partial charge on any atom is 0.254 e. The number of rotatable bonds is 4. The van der Waals surface area contributed by atoms with Crippen molar-refractivity contribution in [2.24, 2.45) is 0 Å². The van der Waals surface area contributed by atoms with E-state index in [4.69, 9.17) is 5.26 Å². The first kappa shape index (κ1) is 12.7. The highest BCUT2D eigenvalue weighted by Gasteiger charge is 2.12. The molecule has 0 spiro atoms. The topological polar surface area (TPSA) is 52.9 Å². The number of halogens is 2. The Labute approximate surface area is 101 Å². The van der Waals surface area contributed by atoms with E-state index in [1.165, 1.54) is 12.1 Å². The lowest BCUT2D eigenvalue weighted by atomic mass is 10.2. The van der Waals surface area contributed by atoms with E-state index in [-0.39, 0.29) is 10.0 Å². The van der Waals surface area contributed by atoms with Crippen molar-refractivity contribution in [1.29, 1.82) is 5.26 Å². The second kappa shape index (κ2) is 6.23. The van der Waals surface area contributed by atoms with Crippen LogP contribution in [0.15, 0.2) is 22.7 Å². The summed E-state index contributed by atoms with van der Waals surface area (Å²) >= 11 is 3.01. The number of carbonyl (C=O) groups is 1. The van der Waals surface area contributed by atoms with E-state index < -0.39 is 11.7 Å².